The number of nitrogens with zero attached hydrogens (tertiary/aromatic N) is 1. The fraction of sp³-hybridized carbons (Fsp3) is 0.0588. The highest BCUT2D eigenvalue weighted by atomic mass is 35.5. The minimum absolute atomic E-state index is 0.0225. The lowest BCUT2D eigenvalue weighted by atomic mass is 10.1. The molecule has 0 spiro atoms. The predicted octanol–water partition coefficient (Wildman–Crippen LogP) is 3.46. The number of carbonyl (C=O) groups is 2. The molecule has 1 fully saturated rings. The Kier molecular flexibility index (Phi) is 4.46. The molecule has 0 atom stereocenters. The van der Waals surface area contributed by atoms with Crippen LogP contribution in [0.2, 0.25) is 10.0 Å². The molecule has 0 radical (unpaired) electrons. The van der Waals surface area contributed by atoms with E-state index in [1.54, 1.807) is 43.5 Å². The van der Waals surface area contributed by atoms with E-state index in [-0.39, 0.29) is 5.57 Å². The van der Waals surface area contributed by atoms with Crippen LogP contribution >= 0.6 is 23.2 Å². The van der Waals surface area contributed by atoms with Gasteiger partial charge in [-0.05, 0) is 42.0 Å². The van der Waals surface area contributed by atoms with Crippen molar-refractivity contribution in [3.05, 3.63) is 63.6 Å². The maximum absolute atomic E-state index is 12.5. The van der Waals surface area contributed by atoms with Gasteiger partial charge in [0.25, 0.3) is 11.8 Å². The van der Waals surface area contributed by atoms with Gasteiger partial charge in [0, 0.05) is 0 Å². The highest BCUT2D eigenvalue weighted by Gasteiger charge is 2.34. The van der Waals surface area contributed by atoms with Crippen molar-refractivity contribution in [3.8, 4) is 5.75 Å². The van der Waals surface area contributed by atoms with E-state index in [1.807, 2.05) is 0 Å². The highest BCUT2D eigenvalue weighted by molar-refractivity contribution is 6.42. The molecule has 5 nitrogen and oxygen atoms in total. The summed E-state index contributed by atoms with van der Waals surface area (Å²) in [5.41, 5.74) is 3.64. The second-order valence-electron chi connectivity index (χ2n) is 5.01. The molecule has 122 valence electrons. The maximum atomic E-state index is 12.5. The molecule has 0 bridgehead atoms. The Morgan fingerprint density at radius 1 is 1.08 bits per heavy atom. The first-order chi connectivity index (χ1) is 11.5. The summed E-state index contributed by atoms with van der Waals surface area (Å²) in [6, 6.07) is 11.7. The van der Waals surface area contributed by atoms with Gasteiger partial charge in [-0.1, -0.05) is 35.3 Å². The Bertz CT molecular complexity index is 865. The molecular weight excluding hydrogens is 351 g/mol. The molecule has 0 aromatic heterocycles. The summed E-state index contributed by atoms with van der Waals surface area (Å²) in [7, 11) is 1.55. The molecule has 1 saturated heterocycles. The summed E-state index contributed by atoms with van der Waals surface area (Å²) in [5, 5.41) is 1.79. The van der Waals surface area contributed by atoms with Crippen molar-refractivity contribution in [2.24, 2.45) is 0 Å². The number of ether oxygens (including phenoxy) is 1. The number of anilines is 1. The number of hydrogen-bond donors (Lipinski definition) is 1. The lowest BCUT2D eigenvalue weighted by Crippen LogP contribution is -2.35. The second-order valence-corrected chi connectivity index (χ2v) is 5.83. The van der Waals surface area contributed by atoms with Gasteiger partial charge >= 0.3 is 0 Å². The fourth-order valence-corrected chi connectivity index (χ4v) is 2.55. The summed E-state index contributed by atoms with van der Waals surface area (Å²) in [6.07, 6.45) is 1.51. The van der Waals surface area contributed by atoms with Crippen molar-refractivity contribution in [1.29, 1.82) is 0 Å². The van der Waals surface area contributed by atoms with Gasteiger partial charge in [0.1, 0.15) is 11.3 Å². The molecule has 1 heterocycles. The molecule has 7 heteroatoms. The zero-order valence-corrected chi connectivity index (χ0v) is 14.1. The molecule has 1 aliphatic heterocycles. The lowest BCUT2D eigenvalue weighted by Gasteiger charge is -2.15. The van der Waals surface area contributed by atoms with Gasteiger partial charge in [0.15, 0.2) is 0 Å². The number of halogens is 2. The predicted molar refractivity (Wildman–Crippen MR) is 93.1 cm³/mol. The molecule has 0 saturated carbocycles. The number of carbonyl (C=O) groups excluding carboxylic acids is 2. The van der Waals surface area contributed by atoms with Crippen LogP contribution in [0.4, 0.5) is 5.69 Å². The average molecular weight is 363 g/mol. The van der Waals surface area contributed by atoms with Gasteiger partial charge in [-0.3, -0.25) is 15.0 Å². The number of methoxy groups -OCH3 is 1. The summed E-state index contributed by atoms with van der Waals surface area (Å²) in [6.45, 7) is 0. The van der Waals surface area contributed by atoms with Crippen molar-refractivity contribution in [2.45, 2.75) is 0 Å². The van der Waals surface area contributed by atoms with Crippen molar-refractivity contribution in [3.63, 3.8) is 0 Å². The van der Waals surface area contributed by atoms with Crippen molar-refractivity contribution < 1.29 is 14.3 Å². The number of hydrogen-bond acceptors (Lipinski definition) is 3. The van der Waals surface area contributed by atoms with Crippen LogP contribution in [-0.2, 0) is 9.59 Å². The van der Waals surface area contributed by atoms with E-state index in [2.05, 4.69) is 5.43 Å². The molecule has 1 N–H and O–H groups in total. The van der Waals surface area contributed by atoms with E-state index in [4.69, 9.17) is 27.9 Å². The lowest BCUT2D eigenvalue weighted by molar-refractivity contribution is -0.117. The summed E-state index contributed by atoms with van der Waals surface area (Å²) in [4.78, 5) is 24.7. The molecule has 2 aromatic carbocycles. The molecule has 3 rings (SSSR count). The number of hydrazine groups is 1. The van der Waals surface area contributed by atoms with Gasteiger partial charge < -0.3 is 4.74 Å². The van der Waals surface area contributed by atoms with Crippen LogP contribution in [0.25, 0.3) is 6.08 Å². The minimum atomic E-state index is -0.492. The van der Waals surface area contributed by atoms with Crippen LogP contribution in [0.5, 0.6) is 5.75 Å². The Balaban J connectivity index is 1.93. The van der Waals surface area contributed by atoms with E-state index in [9.17, 15) is 9.59 Å². The smallest absolute Gasteiger partial charge is 0.282 e. The molecule has 2 amide bonds. The van der Waals surface area contributed by atoms with Crippen LogP contribution in [0.1, 0.15) is 5.56 Å². The van der Waals surface area contributed by atoms with Gasteiger partial charge in [-0.25, -0.2) is 5.01 Å². The van der Waals surface area contributed by atoms with Crippen LogP contribution < -0.4 is 15.2 Å². The van der Waals surface area contributed by atoms with Crippen LogP contribution in [0.15, 0.2) is 48.0 Å². The maximum Gasteiger partial charge on any atom is 0.282 e. The topological polar surface area (TPSA) is 58.6 Å². The van der Waals surface area contributed by atoms with Gasteiger partial charge in [0.2, 0.25) is 0 Å². The molecule has 0 aliphatic carbocycles. The van der Waals surface area contributed by atoms with Crippen molar-refractivity contribution >= 4 is 46.8 Å². The normalized spacial score (nSPS) is 15.8. The zero-order chi connectivity index (χ0) is 17.3. The molecule has 24 heavy (non-hydrogen) atoms. The minimum Gasteiger partial charge on any atom is -0.497 e. The van der Waals surface area contributed by atoms with Crippen LogP contribution in [0, 0.1) is 0 Å². The quantitative estimate of drug-likeness (QED) is 0.671. The number of nitrogens with one attached hydrogen (secondary N) is 1. The van der Waals surface area contributed by atoms with E-state index >= 15 is 0 Å². The Hall–Kier alpha value is -2.50. The number of amides is 2. The first kappa shape index (κ1) is 16.4. The van der Waals surface area contributed by atoms with Crippen molar-refractivity contribution in [2.75, 3.05) is 12.1 Å². The summed E-state index contributed by atoms with van der Waals surface area (Å²) < 4.78 is 5.14. The van der Waals surface area contributed by atoms with E-state index in [0.29, 0.717) is 27.0 Å². The third-order valence-corrected chi connectivity index (χ3v) is 4.20. The highest BCUT2D eigenvalue weighted by Crippen LogP contribution is 2.29. The van der Waals surface area contributed by atoms with Gasteiger partial charge in [-0.15, -0.1) is 0 Å². The largest absolute Gasteiger partial charge is 0.497 e. The van der Waals surface area contributed by atoms with Crippen molar-refractivity contribution in [1.82, 2.24) is 5.43 Å². The Labute approximate surface area is 148 Å². The fourth-order valence-electron chi connectivity index (χ4n) is 2.26. The van der Waals surface area contributed by atoms with E-state index in [0.717, 1.165) is 5.01 Å². The second kappa shape index (κ2) is 6.55. The third-order valence-electron chi connectivity index (χ3n) is 3.46. The summed E-state index contributed by atoms with van der Waals surface area (Å²) in [5.74, 6) is -0.327. The monoisotopic (exact) mass is 362 g/mol. The van der Waals surface area contributed by atoms with Crippen LogP contribution in [-0.4, -0.2) is 18.9 Å². The standard InChI is InChI=1S/C17H12Cl2N2O3/c1-24-12-4-2-3-10(7-12)8-13-16(22)20-21(17(13)23)11-5-6-14(18)15(19)9-11/h2-9H,1H3,(H,20,22)/b13-8+. The van der Waals surface area contributed by atoms with Crippen LogP contribution in [0.3, 0.4) is 0 Å². The summed E-state index contributed by atoms with van der Waals surface area (Å²) >= 11 is 11.8. The number of benzene rings is 2. The van der Waals surface area contributed by atoms with Gasteiger partial charge in [-0.2, -0.15) is 0 Å². The molecule has 1 aliphatic rings. The first-order valence-corrected chi connectivity index (χ1v) is 7.71. The third kappa shape index (κ3) is 3.09. The Morgan fingerprint density at radius 2 is 1.88 bits per heavy atom. The molecule has 0 unspecified atom stereocenters. The zero-order valence-electron chi connectivity index (χ0n) is 12.5. The molecule has 2 aromatic rings. The Morgan fingerprint density at radius 3 is 2.58 bits per heavy atom. The molecular formula is C17H12Cl2N2O3. The van der Waals surface area contributed by atoms with E-state index < -0.39 is 11.8 Å². The average Bonchev–Trinajstić information content (AvgIpc) is 2.86. The number of rotatable bonds is 3. The SMILES string of the molecule is COc1cccc(/C=C2\C(=O)NN(c3ccc(Cl)c(Cl)c3)C2=O)c1. The van der Waals surface area contributed by atoms with Gasteiger partial charge in [0.05, 0.1) is 22.8 Å². The first-order valence-electron chi connectivity index (χ1n) is 6.96. The van der Waals surface area contributed by atoms with E-state index in [1.165, 1.54) is 12.1 Å².